The third-order valence-electron chi connectivity index (χ3n) is 4.22. The molecule has 0 radical (unpaired) electrons. The SMILES string of the molecule is CN1CCCCC1CCNc1nc2ccccc2n1O. The molecular formula is C15H22N4O. The average molecular weight is 274 g/mol. The van der Waals surface area contributed by atoms with Crippen molar-refractivity contribution in [3.05, 3.63) is 24.3 Å². The fourth-order valence-electron chi connectivity index (χ4n) is 2.99. The van der Waals surface area contributed by atoms with Crippen molar-refractivity contribution in [2.75, 3.05) is 25.5 Å². The number of benzene rings is 1. The zero-order chi connectivity index (χ0) is 13.9. The molecule has 2 heterocycles. The average Bonchev–Trinajstić information content (AvgIpc) is 2.78. The zero-order valence-corrected chi connectivity index (χ0v) is 11.9. The maximum atomic E-state index is 10.1. The molecule has 1 fully saturated rings. The van der Waals surface area contributed by atoms with Crippen molar-refractivity contribution in [3.63, 3.8) is 0 Å². The summed E-state index contributed by atoms with van der Waals surface area (Å²) in [6.07, 6.45) is 4.99. The van der Waals surface area contributed by atoms with E-state index in [-0.39, 0.29) is 0 Å². The van der Waals surface area contributed by atoms with Crippen LogP contribution >= 0.6 is 0 Å². The number of nitrogens with zero attached hydrogens (tertiary/aromatic N) is 3. The van der Waals surface area contributed by atoms with Gasteiger partial charge in [0.1, 0.15) is 5.52 Å². The van der Waals surface area contributed by atoms with Crippen LogP contribution in [-0.4, -0.2) is 46.0 Å². The molecular weight excluding hydrogens is 252 g/mol. The van der Waals surface area contributed by atoms with Crippen LogP contribution in [0.5, 0.6) is 0 Å². The number of rotatable bonds is 4. The van der Waals surface area contributed by atoms with Gasteiger partial charge in [0.25, 0.3) is 0 Å². The monoisotopic (exact) mass is 274 g/mol. The zero-order valence-electron chi connectivity index (χ0n) is 11.9. The summed E-state index contributed by atoms with van der Waals surface area (Å²) >= 11 is 0. The van der Waals surface area contributed by atoms with Crippen LogP contribution in [0.15, 0.2) is 24.3 Å². The lowest BCUT2D eigenvalue weighted by atomic mass is 10.0. The number of piperidine rings is 1. The van der Waals surface area contributed by atoms with Crippen LogP contribution in [-0.2, 0) is 0 Å². The smallest absolute Gasteiger partial charge is 0.237 e. The van der Waals surface area contributed by atoms with Gasteiger partial charge in [0.2, 0.25) is 5.95 Å². The Balaban J connectivity index is 1.61. The van der Waals surface area contributed by atoms with Gasteiger partial charge in [0, 0.05) is 12.6 Å². The molecule has 1 aliphatic heterocycles. The number of hydrogen-bond acceptors (Lipinski definition) is 4. The second kappa shape index (κ2) is 5.71. The number of para-hydroxylation sites is 2. The van der Waals surface area contributed by atoms with E-state index in [9.17, 15) is 5.21 Å². The second-order valence-corrected chi connectivity index (χ2v) is 5.58. The summed E-state index contributed by atoms with van der Waals surface area (Å²) in [5.74, 6) is 0.532. The molecule has 1 aliphatic rings. The van der Waals surface area contributed by atoms with E-state index >= 15 is 0 Å². The molecule has 0 aliphatic carbocycles. The largest absolute Gasteiger partial charge is 0.425 e. The Hall–Kier alpha value is -1.75. The van der Waals surface area contributed by atoms with E-state index in [0.717, 1.165) is 28.7 Å². The predicted octanol–water partition coefficient (Wildman–Crippen LogP) is 2.56. The Morgan fingerprint density at radius 3 is 3.00 bits per heavy atom. The van der Waals surface area contributed by atoms with E-state index in [1.807, 2.05) is 24.3 Å². The minimum atomic E-state index is 0.532. The number of likely N-dealkylation sites (tertiary alicyclic amines) is 1. The molecule has 1 saturated heterocycles. The topological polar surface area (TPSA) is 53.3 Å². The fraction of sp³-hybridized carbons (Fsp3) is 0.533. The number of fused-ring (bicyclic) bond motifs is 1. The molecule has 2 aromatic rings. The van der Waals surface area contributed by atoms with E-state index in [1.165, 1.54) is 25.8 Å². The van der Waals surface area contributed by atoms with E-state index in [0.29, 0.717) is 12.0 Å². The van der Waals surface area contributed by atoms with Gasteiger partial charge >= 0.3 is 0 Å². The summed E-state index contributed by atoms with van der Waals surface area (Å²) in [6, 6.07) is 8.24. The third-order valence-corrected chi connectivity index (χ3v) is 4.22. The van der Waals surface area contributed by atoms with Crippen molar-refractivity contribution < 1.29 is 5.21 Å². The number of hydrogen-bond donors (Lipinski definition) is 2. The first kappa shape index (κ1) is 13.2. The highest BCUT2D eigenvalue weighted by atomic mass is 16.5. The number of imidazole rings is 1. The van der Waals surface area contributed by atoms with Crippen LogP contribution in [0.25, 0.3) is 11.0 Å². The fourth-order valence-corrected chi connectivity index (χ4v) is 2.99. The van der Waals surface area contributed by atoms with Gasteiger partial charge in [-0.05, 0) is 45.0 Å². The van der Waals surface area contributed by atoms with E-state index in [2.05, 4.69) is 22.2 Å². The highest BCUT2D eigenvalue weighted by Gasteiger charge is 2.18. The summed E-state index contributed by atoms with van der Waals surface area (Å²) in [6.45, 7) is 2.03. The van der Waals surface area contributed by atoms with Crippen LogP contribution in [0, 0.1) is 0 Å². The molecule has 1 atom stereocenters. The van der Waals surface area contributed by atoms with Crippen molar-refractivity contribution in [3.8, 4) is 0 Å². The minimum absolute atomic E-state index is 0.532. The van der Waals surface area contributed by atoms with E-state index in [1.54, 1.807) is 0 Å². The summed E-state index contributed by atoms with van der Waals surface area (Å²) in [4.78, 5) is 6.84. The van der Waals surface area contributed by atoms with Crippen molar-refractivity contribution in [2.45, 2.75) is 31.7 Å². The van der Waals surface area contributed by atoms with Gasteiger partial charge in [-0.2, -0.15) is 0 Å². The molecule has 3 rings (SSSR count). The minimum Gasteiger partial charge on any atom is -0.425 e. The van der Waals surface area contributed by atoms with Gasteiger partial charge in [-0.25, -0.2) is 4.98 Å². The maximum Gasteiger partial charge on any atom is 0.237 e. The maximum absolute atomic E-state index is 10.1. The third kappa shape index (κ3) is 2.58. The molecule has 0 spiro atoms. The molecule has 5 nitrogen and oxygen atoms in total. The Bertz CT molecular complexity index is 580. The standard InChI is InChI=1S/C15H22N4O/c1-18-11-5-4-6-12(18)9-10-16-15-17-13-7-2-3-8-14(13)19(15)20/h2-3,7-8,12,20H,4-6,9-11H2,1H3,(H,16,17). The second-order valence-electron chi connectivity index (χ2n) is 5.58. The Kier molecular flexibility index (Phi) is 3.78. The van der Waals surface area contributed by atoms with Crippen LogP contribution in [0.2, 0.25) is 0 Å². The lowest BCUT2D eigenvalue weighted by Crippen LogP contribution is -2.37. The van der Waals surface area contributed by atoms with Crippen molar-refractivity contribution >= 4 is 17.0 Å². The first-order valence-corrected chi connectivity index (χ1v) is 7.36. The Morgan fingerprint density at radius 2 is 2.20 bits per heavy atom. The lowest BCUT2D eigenvalue weighted by Gasteiger charge is -2.32. The molecule has 5 heteroatoms. The molecule has 108 valence electrons. The van der Waals surface area contributed by atoms with E-state index in [4.69, 9.17) is 0 Å². The molecule has 1 aromatic heterocycles. The van der Waals surface area contributed by atoms with Crippen LogP contribution in [0.1, 0.15) is 25.7 Å². The molecule has 1 aromatic carbocycles. The summed E-state index contributed by atoms with van der Waals surface area (Å²) in [5, 5.41) is 13.3. The van der Waals surface area contributed by atoms with Gasteiger partial charge in [-0.1, -0.05) is 18.6 Å². The van der Waals surface area contributed by atoms with Crippen LogP contribution < -0.4 is 5.32 Å². The highest BCUT2D eigenvalue weighted by Crippen LogP contribution is 2.19. The summed E-state index contributed by atoms with van der Waals surface area (Å²) in [5.41, 5.74) is 1.55. The molecule has 1 unspecified atom stereocenters. The van der Waals surface area contributed by atoms with Crippen LogP contribution in [0.4, 0.5) is 5.95 Å². The first-order chi connectivity index (χ1) is 9.75. The summed E-state index contributed by atoms with van der Waals surface area (Å²) < 4.78 is 1.14. The Morgan fingerprint density at radius 1 is 1.35 bits per heavy atom. The van der Waals surface area contributed by atoms with E-state index < -0.39 is 0 Å². The number of anilines is 1. The van der Waals surface area contributed by atoms with Crippen LogP contribution in [0.3, 0.4) is 0 Å². The number of nitrogens with one attached hydrogen (secondary N) is 1. The highest BCUT2D eigenvalue weighted by molar-refractivity contribution is 5.77. The first-order valence-electron chi connectivity index (χ1n) is 7.36. The van der Waals surface area contributed by atoms with Gasteiger partial charge in [0.05, 0.1) is 5.52 Å². The molecule has 0 saturated carbocycles. The molecule has 2 N–H and O–H groups in total. The lowest BCUT2D eigenvalue weighted by molar-refractivity contribution is 0.178. The normalized spacial score (nSPS) is 20.4. The molecule has 0 amide bonds. The number of aromatic nitrogens is 2. The quantitative estimate of drug-likeness (QED) is 0.841. The van der Waals surface area contributed by atoms with Gasteiger partial charge in [-0.15, -0.1) is 4.73 Å². The molecule has 0 bridgehead atoms. The van der Waals surface area contributed by atoms with Crippen molar-refractivity contribution in [1.82, 2.24) is 14.6 Å². The van der Waals surface area contributed by atoms with Gasteiger partial charge in [0.15, 0.2) is 0 Å². The Labute approximate surface area is 119 Å². The van der Waals surface area contributed by atoms with Gasteiger partial charge < -0.3 is 15.4 Å². The van der Waals surface area contributed by atoms with Crippen molar-refractivity contribution in [1.29, 1.82) is 0 Å². The summed E-state index contributed by atoms with van der Waals surface area (Å²) in [7, 11) is 2.20. The van der Waals surface area contributed by atoms with Crippen molar-refractivity contribution in [2.24, 2.45) is 0 Å². The van der Waals surface area contributed by atoms with Gasteiger partial charge in [-0.3, -0.25) is 0 Å². The predicted molar refractivity (Wildman–Crippen MR) is 80.3 cm³/mol. The molecule has 20 heavy (non-hydrogen) atoms.